The topological polar surface area (TPSA) is 156 Å². The predicted octanol–water partition coefficient (Wildman–Crippen LogP) is -1.19. The van der Waals surface area contributed by atoms with E-state index in [9.17, 15) is 26.4 Å². The first-order valence-electron chi connectivity index (χ1n) is 6.75. The number of hydrogen-bond donors (Lipinski definition) is 3. The van der Waals surface area contributed by atoms with E-state index in [1.165, 1.54) is 13.8 Å². The van der Waals surface area contributed by atoms with Gasteiger partial charge in [-0.05, 0) is 20.3 Å². The molecule has 0 aliphatic carbocycles. The zero-order valence-corrected chi connectivity index (χ0v) is 15.4. The molecule has 2 atom stereocenters. The Morgan fingerprint density at radius 2 is 1.50 bits per heavy atom. The van der Waals surface area contributed by atoms with Crippen LogP contribution in [0.3, 0.4) is 0 Å². The maximum atomic E-state index is 11.9. The molecule has 0 amide bonds. The van der Waals surface area contributed by atoms with E-state index in [2.05, 4.69) is 9.44 Å². The molecule has 0 saturated carbocycles. The second-order valence-electron chi connectivity index (χ2n) is 5.39. The lowest BCUT2D eigenvalue weighted by Gasteiger charge is -2.16. The second kappa shape index (κ2) is 9.11. The number of esters is 1. The largest absolute Gasteiger partial charge is 0.478 e. The van der Waals surface area contributed by atoms with Gasteiger partial charge in [0.2, 0.25) is 20.0 Å². The Morgan fingerprint density at radius 1 is 1.04 bits per heavy atom. The summed E-state index contributed by atoms with van der Waals surface area (Å²) in [7, 11) is -7.00. The SMILES string of the molecule is C[C@@H](COC(=O)C(=CC(=O)O)C[C@H](C)NS(C)(=O)=O)NS(C)(=O)=O. The number of nitrogens with one attached hydrogen (secondary N) is 2. The van der Waals surface area contributed by atoms with Gasteiger partial charge in [0, 0.05) is 17.7 Å². The fourth-order valence-electron chi connectivity index (χ4n) is 1.78. The monoisotopic (exact) mass is 386 g/mol. The van der Waals surface area contributed by atoms with Crippen molar-refractivity contribution >= 4 is 32.0 Å². The minimum absolute atomic E-state index is 0.202. The summed E-state index contributed by atoms with van der Waals surface area (Å²) in [6, 6.07) is -1.44. The molecule has 0 aromatic heterocycles. The van der Waals surface area contributed by atoms with Crippen molar-refractivity contribution < 1.29 is 36.3 Å². The Bertz CT molecular complexity index is 697. The van der Waals surface area contributed by atoms with Crippen molar-refractivity contribution in [1.82, 2.24) is 9.44 Å². The molecule has 0 heterocycles. The van der Waals surface area contributed by atoms with Crippen LogP contribution in [0, 0.1) is 0 Å². The van der Waals surface area contributed by atoms with Crippen molar-refractivity contribution in [3.8, 4) is 0 Å². The Balaban J connectivity index is 4.89. The number of carbonyl (C=O) groups is 2. The van der Waals surface area contributed by atoms with Crippen LogP contribution in [-0.4, -0.2) is 65.1 Å². The lowest BCUT2D eigenvalue weighted by Crippen LogP contribution is -2.36. The molecule has 12 heteroatoms. The Labute approximate surface area is 141 Å². The molecule has 0 aromatic rings. The van der Waals surface area contributed by atoms with E-state index < -0.39 is 44.1 Å². The summed E-state index contributed by atoms with van der Waals surface area (Å²) >= 11 is 0. The highest BCUT2D eigenvalue weighted by atomic mass is 32.2. The molecular formula is C12H22N2O8S2. The van der Waals surface area contributed by atoms with E-state index in [-0.39, 0.29) is 18.6 Å². The van der Waals surface area contributed by atoms with Gasteiger partial charge in [-0.15, -0.1) is 0 Å². The molecule has 140 valence electrons. The van der Waals surface area contributed by atoms with Crippen LogP contribution in [0.1, 0.15) is 20.3 Å². The molecule has 0 rings (SSSR count). The van der Waals surface area contributed by atoms with E-state index in [4.69, 9.17) is 9.84 Å². The third kappa shape index (κ3) is 12.0. The van der Waals surface area contributed by atoms with E-state index >= 15 is 0 Å². The summed E-state index contributed by atoms with van der Waals surface area (Å²) in [5.41, 5.74) is -0.252. The molecule has 0 bridgehead atoms. The Kier molecular flexibility index (Phi) is 8.54. The lowest BCUT2D eigenvalue weighted by molar-refractivity contribution is -0.140. The smallest absolute Gasteiger partial charge is 0.334 e. The van der Waals surface area contributed by atoms with Gasteiger partial charge in [0.05, 0.1) is 18.6 Å². The highest BCUT2D eigenvalue weighted by Crippen LogP contribution is 2.09. The summed E-state index contributed by atoms with van der Waals surface area (Å²) in [4.78, 5) is 22.7. The highest BCUT2D eigenvalue weighted by molar-refractivity contribution is 7.89. The van der Waals surface area contributed by atoms with Gasteiger partial charge in [-0.3, -0.25) is 0 Å². The molecule has 10 nitrogen and oxygen atoms in total. The van der Waals surface area contributed by atoms with Crippen LogP contribution < -0.4 is 9.44 Å². The van der Waals surface area contributed by atoms with Crippen LogP contribution in [-0.2, 0) is 34.4 Å². The fraction of sp³-hybridized carbons (Fsp3) is 0.667. The number of rotatable bonds is 10. The summed E-state index contributed by atoms with van der Waals surface area (Å²) in [5, 5.41) is 8.79. The number of sulfonamides is 2. The minimum Gasteiger partial charge on any atom is -0.478 e. The van der Waals surface area contributed by atoms with Crippen molar-refractivity contribution in [3.63, 3.8) is 0 Å². The van der Waals surface area contributed by atoms with Crippen molar-refractivity contribution in [3.05, 3.63) is 11.6 Å². The molecule has 24 heavy (non-hydrogen) atoms. The van der Waals surface area contributed by atoms with Gasteiger partial charge in [0.25, 0.3) is 0 Å². The van der Waals surface area contributed by atoms with E-state index in [1.54, 1.807) is 0 Å². The zero-order chi connectivity index (χ0) is 19.1. The summed E-state index contributed by atoms with van der Waals surface area (Å²) in [6.07, 6.45) is 2.30. The second-order valence-corrected chi connectivity index (χ2v) is 8.95. The number of carboxylic acid groups (broad SMARTS) is 1. The first-order chi connectivity index (χ1) is 10.7. The quantitative estimate of drug-likeness (QED) is 0.312. The zero-order valence-electron chi connectivity index (χ0n) is 13.8. The predicted molar refractivity (Wildman–Crippen MR) is 86.2 cm³/mol. The van der Waals surface area contributed by atoms with Gasteiger partial charge in [0.1, 0.15) is 6.61 Å². The van der Waals surface area contributed by atoms with Crippen LogP contribution in [0.2, 0.25) is 0 Å². The number of carboxylic acids is 1. The lowest BCUT2D eigenvalue weighted by atomic mass is 10.1. The first-order valence-corrected chi connectivity index (χ1v) is 10.5. The van der Waals surface area contributed by atoms with Gasteiger partial charge in [-0.1, -0.05) is 0 Å². The summed E-state index contributed by atoms with van der Waals surface area (Å²) in [6.45, 7) is 2.61. The van der Waals surface area contributed by atoms with Crippen molar-refractivity contribution in [2.45, 2.75) is 32.4 Å². The third-order valence-electron chi connectivity index (χ3n) is 2.38. The van der Waals surface area contributed by atoms with Crippen LogP contribution in [0.25, 0.3) is 0 Å². The maximum absolute atomic E-state index is 11.9. The average Bonchev–Trinajstić information content (AvgIpc) is 2.29. The molecule has 3 N–H and O–H groups in total. The van der Waals surface area contributed by atoms with Gasteiger partial charge in [0.15, 0.2) is 0 Å². The molecule has 0 aliphatic rings. The minimum atomic E-state index is -3.52. The van der Waals surface area contributed by atoms with Gasteiger partial charge in [-0.25, -0.2) is 35.9 Å². The highest BCUT2D eigenvalue weighted by Gasteiger charge is 2.20. The third-order valence-corrected chi connectivity index (χ3v) is 4.04. The summed E-state index contributed by atoms with van der Waals surface area (Å²) in [5.74, 6) is -2.36. The Hall–Kier alpha value is -1.50. The Morgan fingerprint density at radius 3 is 1.92 bits per heavy atom. The average molecular weight is 386 g/mol. The standard InChI is InChI=1S/C12H22N2O8S2/c1-8(13-23(3,18)19)5-10(6-11(15)16)12(17)22-7-9(2)14-24(4,20)21/h6,8-9,13-14H,5,7H2,1-4H3,(H,15,16)/t8-,9-/m0/s1. The maximum Gasteiger partial charge on any atom is 0.334 e. The summed E-state index contributed by atoms with van der Waals surface area (Å²) < 4.78 is 53.6. The normalized spacial score (nSPS) is 15.6. The number of ether oxygens (including phenoxy) is 1. The van der Waals surface area contributed by atoms with Crippen LogP contribution in [0.5, 0.6) is 0 Å². The molecule has 0 radical (unpaired) electrons. The molecule has 0 aromatic carbocycles. The van der Waals surface area contributed by atoms with E-state index in [1.807, 2.05) is 0 Å². The molecule has 0 fully saturated rings. The van der Waals surface area contributed by atoms with Gasteiger partial charge >= 0.3 is 11.9 Å². The molecular weight excluding hydrogens is 364 g/mol. The number of carbonyl (C=O) groups excluding carboxylic acids is 1. The fourth-order valence-corrected chi connectivity index (χ4v) is 3.39. The molecule has 0 unspecified atom stereocenters. The van der Waals surface area contributed by atoms with Crippen LogP contribution in [0.4, 0.5) is 0 Å². The van der Waals surface area contributed by atoms with Gasteiger partial charge < -0.3 is 9.84 Å². The van der Waals surface area contributed by atoms with Crippen LogP contribution in [0.15, 0.2) is 11.6 Å². The van der Waals surface area contributed by atoms with Crippen molar-refractivity contribution in [2.24, 2.45) is 0 Å². The van der Waals surface area contributed by atoms with E-state index in [0.717, 1.165) is 12.5 Å². The molecule has 0 spiro atoms. The number of aliphatic carboxylic acids is 1. The molecule has 0 aliphatic heterocycles. The first kappa shape index (κ1) is 22.5. The van der Waals surface area contributed by atoms with Crippen LogP contribution >= 0.6 is 0 Å². The van der Waals surface area contributed by atoms with Crippen molar-refractivity contribution in [2.75, 3.05) is 19.1 Å². The van der Waals surface area contributed by atoms with Crippen molar-refractivity contribution in [1.29, 1.82) is 0 Å². The van der Waals surface area contributed by atoms with Gasteiger partial charge in [-0.2, -0.15) is 0 Å². The number of hydrogen-bond acceptors (Lipinski definition) is 7. The van der Waals surface area contributed by atoms with E-state index in [0.29, 0.717) is 6.08 Å². The molecule has 0 saturated heterocycles.